The molecule has 1 heterocycles. The number of halogens is 3. The van der Waals surface area contributed by atoms with Crippen LogP contribution in [0.3, 0.4) is 0 Å². The number of ether oxygens (including phenoxy) is 1. The van der Waals surface area contributed by atoms with Gasteiger partial charge in [0.15, 0.2) is 0 Å². The molecule has 0 saturated carbocycles. The van der Waals surface area contributed by atoms with Crippen LogP contribution in [-0.4, -0.2) is 24.3 Å². The van der Waals surface area contributed by atoms with Gasteiger partial charge in [-0.3, -0.25) is 0 Å². The molecule has 1 fully saturated rings. The molecule has 1 aliphatic heterocycles. The minimum Gasteiger partial charge on any atom is -0.380 e. The minimum absolute atomic E-state index is 0.0440. The van der Waals surface area contributed by atoms with E-state index in [1.54, 1.807) is 12.1 Å². The van der Waals surface area contributed by atoms with Gasteiger partial charge in [-0.2, -0.15) is 13.2 Å². The summed E-state index contributed by atoms with van der Waals surface area (Å²) < 4.78 is 42.1. The van der Waals surface area contributed by atoms with Crippen molar-refractivity contribution in [3.8, 4) is 0 Å². The van der Waals surface area contributed by atoms with E-state index in [0.717, 1.165) is 25.0 Å². The van der Waals surface area contributed by atoms with Crippen molar-refractivity contribution in [2.24, 2.45) is 0 Å². The number of alkyl halides is 3. The molecule has 20 heavy (non-hydrogen) atoms. The lowest BCUT2D eigenvalue weighted by Crippen LogP contribution is -2.48. The molecule has 0 amide bonds. The summed E-state index contributed by atoms with van der Waals surface area (Å²) in [6, 6.07) is 6.48. The highest BCUT2D eigenvalue weighted by Crippen LogP contribution is 2.36. The van der Waals surface area contributed by atoms with E-state index in [1.165, 1.54) is 12.1 Å². The summed E-state index contributed by atoms with van der Waals surface area (Å²) >= 11 is -0.0856. The highest BCUT2D eigenvalue weighted by molar-refractivity contribution is 8.00. The molecule has 0 bridgehead atoms. The molecule has 1 unspecified atom stereocenters. The summed E-state index contributed by atoms with van der Waals surface area (Å²) in [5.74, 6) is 0. The molecule has 6 heteroatoms. The molecule has 0 radical (unpaired) electrons. The van der Waals surface area contributed by atoms with Crippen LogP contribution in [0.5, 0.6) is 0 Å². The average molecular weight is 305 g/mol. The molecular weight excluding hydrogens is 287 g/mol. The Kier molecular flexibility index (Phi) is 4.99. The maximum absolute atomic E-state index is 12.2. The van der Waals surface area contributed by atoms with Crippen molar-refractivity contribution in [2.75, 3.05) is 13.2 Å². The first kappa shape index (κ1) is 15.7. The van der Waals surface area contributed by atoms with Crippen LogP contribution in [0, 0.1) is 0 Å². The van der Waals surface area contributed by atoms with Gasteiger partial charge in [0.2, 0.25) is 0 Å². The van der Waals surface area contributed by atoms with Crippen LogP contribution in [0.4, 0.5) is 13.2 Å². The monoisotopic (exact) mass is 305 g/mol. The molecule has 1 atom stereocenters. The fourth-order valence-electron chi connectivity index (χ4n) is 2.20. The fraction of sp³-hybridized carbons (Fsp3) is 0.571. The zero-order chi connectivity index (χ0) is 14.6. The Morgan fingerprint density at radius 1 is 1.30 bits per heavy atom. The Balaban J connectivity index is 1.87. The largest absolute Gasteiger partial charge is 0.446 e. The van der Waals surface area contributed by atoms with Crippen LogP contribution >= 0.6 is 11.8 Å². The molecule has 0 aliphatic carbocycles. The molecule has 1 N–H and O–H groups in total. The van der Waals surface area contributed by atoms with Crippen molar-refractivity contribution < 1.29 is 17.9 Å². The Labute approximate surface area is 121 Å². The second kappa shape index (κ2) is 6.37. The van der Waals surface area contributed by atoms with Crippen LogP contribution in [-0.2, 0) is 11.3 Å². The van der Waals surface area contributed by atoms with Crippen LogP contribution < -0.4 is 5.32 Å². The van der Waals surface area contributed by atoms with Crippen LogP contribution in [0.1, 0.15) is 25.3 Å². The Morgan fingerprint density at radius 3 is 2.55 bits per heavy atom. The normalized spacial score (nSPS) is 23.8. The second-order valence-corrected chi connectivity index (χ2v) is 6.40. The van der Waals surface area contributed by atoms with Gasteiger partial charge in [0.25, 0.3) is 0 Å². The number of hydrogen-bond acceptors (Lipinski definition) is 3. The molecular formula is C14H18F3NOS. The van der Waals surface area contributed by atoms with Crippen LogP contribution in [0.15, 0.2) is 29.2 Å². The van der Waals surface area contributed by atoms with E-state index in [9.17, 15) is 13.2 Å². The van der Waals surface area contributed by atoms with E-state index in [0.29, 0.717) is 13.2 Å². The highest BCUT2D eigenvalue weighted by atomic mass is 32.2. The first-order valence-corrected chi connectivity index (χ1v) is 7.35. The molecule has 1 aromatic carbocycles. The highest BCUT2D eigenvalue weighted by Gasteiger charge is 2.29. The third-order valence-electron chi connectivity index (χ3n) is 3.31. The van der Waals surface area contributed by atoms with Crippen molar-refractivity contribution in [3.05, 3.63) is 29.8 Å². The van der Waals surface area contributed by atoms with E-state index in [4.69, 9.17) is 4.74 Å². The van der Waals surface area contributed by atoms with E-state index in [2.05, 4.69) is 12.2 Å². The summed E-state index contributed by atoms with van der Waals surface area (Å²) in [6.45, 7) is 4.23. The van der Waals surface area contributed by atoms with Crippen LogP contribution in [0.25, 0.3) is 0 Å². The molecule has 2 rings (SSSR count). The predicted octanol–water partition coefficient (Wildman–Crippen LogP) is 3.96. The van der Waals surface area contributed by atoms with Gasteiger partial charge < -0.3 is 10.1 Å². The maximum Gasteiger partial charge on any atom is 0.446 e. The van der Waals surface area contributed by atoms with Gasteiger partial charge in [0, 0.05) is 23.6 Å². The van der Waals surface area contributed by atoms with E-state index in [-0.39, 0.29) is 22.2 Å². The van der Waals surface area contributed by atoms with Gasteiger partial charge >= 0.3 is 5.51 Å². The quantitative estimate of drug-likeness (QED) is 0.851. The minimum atomic E-state index is -4.23. The Morgan fingerprint density at radius 2 is 2.00 bits per heavy atom. The lowest BCUT2D eigenvalue weighted by Gasteiger charge is -2.34. The number of rotatable bonds is 4. The maximum atomic E-state index is 12.2. The SMILES string of the molecule is CC1(NCc2ccc(SC(F)(F)F)cc2)CCCOC1. The van der Waals surface area contributed by atoms with Gasteiger partial charge in [-0.25, -0.2) is 0 Å². The number of thioether (sulfide) groups is 1. The summed E-state index contributed by atoms with van der Waals surface area (Å²) in [7, 11) is 0. The number of benzene rings is 1. The molecule has 2 nitrogen and oxygen atoms in total. The third-order valence-corrected chi connectivity index (χ3v) is 4.05. The summed E-state index contributed by atoms with van der Waals surface area (Å²) in [5, 5.41) is 3.43. The Hall–Kier alpha value is -0.720. The zero-order valence-corrected chi connectivity index (χ0v) is 12.1. The summed E-state index contributed by atoms with van der Waals surface area (Å²) in [4.78, 5) is 0.216. The van der Waals surface area contributed by atoms with Gasteiger partial charge in [0.05, 0.1) is 6.61 Å². The second-order valence-electron chi connectivity index (χ2n) is 5.26. The average Bonchev–Trinajstić information content (AvgIpc) is 2.37. The van der Waals surface area contributed by atoms with Gasteiger partial charge in [-0.15, -0.1) is 0 Å². The lowest BCUT2D eigenvalue weighted by molar-refractivity contribution is -0.0328. The van der Waals surface area contributed by atoms with Gasteiger partial charge in [0.1, 0.15) is 0 Å². The first-order valence-electron chi connectivity index (χ1n) is 6.54. The van der Waals surface area contributed by atoms with Gasteiger partial charge in [-0.05, 0) is 49.2 Å². The standard InChI is InChI=1S/C14H18F3NOS/c1-13(7-2-8-19-10-13)18-9-11-3-5-12(6-4-11)20-14(15,16)17/h3-6,18H,2,7-10H2,1H3. The lowest BCUT2D eigenvalue weighted by atomic mass is 9.94. The smallest absolute Gasteiger partial charge is 0.380 e. The van der Waals surface area contributed by atoms with Crippen molar-refractivity contribution >= 4 is 11.8 Å². The third kappa shape index (κ3) is 5.00. The van der Waals surface area contributed by atoms with Crippen LogP contribution in [0.2, 0.25) is 0 Å². The molecule has 1 saturated heterocycles. The molecule has 1 aliphatic rings. The molecule has 1 aromatic rings. The van der Waals surface area contributed by atoms with Crippen molar-refractivity contribution in [3.63, 3.8) is 0 Å². The summed E-state index contributed by atoms with van der Waals surface area (Å²) in [5.41, 5.74) is -3.30. The fourth-order valence-corrected chi connectivity index (χ4v) is 2.74. The van der Waals surface area contributed by atoms with E-state index in [1.807, 2.05) is 0 Å². The predicted molar refractivity (Wildman–Crippen MR) is 73.7 cm³/mol. The number of hydrogen-bond donors (Lipinski definition) is 1. The van der Waals surface area contributed by atoms with Crippen molar-refractivity contribution in [1.82, 2.24) is 5.32 Å². The molecule has 0 aromatic heterocycles. The van der Waals surface area contributed by atoms with Crippen molar-refractivity contribution in [2.45, 2.75) is 42.3 Å². The molecule has 0 spiro atoms. The van der Waals surface area contributed by atoms with E-state index >= 15 is 0 Å². The van der Waals surface area contributed by atoms with Gasteiger partial charge in [-0.1, -0.05) is 12.1 Å². The molecule has 112 valence electrons. The van der Waals surface area contributed by atoms with E-state index < -0.39 is 5.51 Å². The summed E-state index contributed by atoms with van der Waals surface area (Å²) in [6.07, 6.45) is 2.08. The first-order chi connectivity index (χ1) is 9.36. The zero-order valence-electron chi connectivity index (χ0n) is 11.3. The topological polar surface area (TPSA) is 21.3 Å². The van der Waals surface area contributed by atoms with Crippen molar-refractivity contribution in [1.29, 1.82) is 0 Å². The Bertz CT molecular complexity index is 427. The number of nitrogens with one attached hydrogen (secondary N) is 1.